The van der Waals surface area contributed by atoms with Gasteiger partial charge in [-0.15, -0.1) is 0 Å². The molecule has 0 radical (unpaired) electrons. The lowest BCUT2D eigenvalue weighted by molar-refractivity contribution is -0.391. The standard InChI is InChI=1S/C28H36O15/c1-13(29)35-11-19-22(37-14(2)30)24(38-15(3)31)25(39-16(4)32)28(41-19)43-23-20(33)21-18(40-27(23)34-5)12-36-26(42-21)17-9-7-6-8-10-17/h6-10,18-28,33H,11-12H2,1-5H3/t18-,19-,20+,21-,22-,23+,24+,25+,26-,27+,28-/m1/s1. The van der Waals surface area contributed by atoms with Crippen LogP contribution >= 0.6 is 0 Å². The Kier molecular flexibility index (Phi) is 11.1. The van der Waals surface area contributed by atoms with Crippen LogP contribution in [0.25, 0.3) is 0 Å². The largest absolute Gasteiger partial charge is 0.463 e. The van der Waals surface area contributed by atoms with Crippen molar-refractivity contribution in [3.63, 3.8) is 0 Å². The zero-order chi connectivity index (χ0) is 31.3. The molecule has 43 heavy (non-hydrogen) atoms. The lowest BCUT2D eigenvalue weighted by Crippen LogP contribution is -2.67. The van der Waals surface area contributed by atoms with E-state index in [0.29, 0.717) is 0 Å². The Morgan fingerprint density at radius 1 is 0.791 bits per heavy atom. The Morgan fingerprint density at radius 2 is 1.42 bits per heavy atom. The van der Waals surface area contributed by atoms with Crippen molar-refractivity contribution >= 4 is 23.9 Å². The molecule has 4 rings (SSSR count). The van der Waals surface area contributed by atoms with Crippen LogP contribution in [-0.4, -0.2) is 111 Å². The minimum Gasteiger partial charge on any atom is -0.463 e. The summed E-state index contributed by atoms with van der Waals surface area (Å²) in [6.45, 7) is 4.12. The van der Waals surface area contributed by atoms with Crippen LogP contribution in [0.1, 0.15) is 39.5 Å². The number of carbonyl (C=O) groups excluding carboxylic acids is 4. The SMILES string of the molecule is CO[C@H]1O[C@@H]2CO[C@@H](c3ccccc3)O[C@H]2[C@H](O)[C@@H]1O[C@H]1O[C@H](COC(C)=O)[C@@H](OC(C)=O)[C@H](OC(C)=O)[C@@H]1OC(C)=O. The first kappa shape index (κ1) is 32.7. The lowest BCUT2D eigenvalue weighted by Gasteiger charge is -2.49. The average molecular weight is 613 g/mol. The van der Waals surface area contributed by atoms with Gasteiger partial charge in [-0.3, -0.25) is 19.2 Å². The highest BCUT2D eigenvalue weighted by Crippen LogP contribution is 2.37. The van der Waals surface area contributed by atoms with E-state index in [1.54, 1.807) is 0 Å². The highest BCUT2D eigenvalue weighted by Gasteiger charge is 2.56. The van der Waals surface area contributed by atoms with Gasteiger partial charge in [-0.25, -0.2) is 0 Å². The maximum atomic E-state index is 12.2. The molecule has 238 valence electrons. The zero-order valence-corrected chi connectivity index (χ0v) is 24.3. The number of methoxy groups -OCH3 is 1. The molecule has 0 aliphatic carbocycles. The summed E-state index contributed by atoms with van der Waals surface area (Å²) in [5.74, 6) is -3.04. The molecule has 1 aromatic rings. The molecule has 0 spiro atoms. The van der Waals surface area contributed by atoms with E-state index < -0.39 is 98.2 Å². The summed E-state index contributed by atoms with van der Waals surface area (Å²) < 4.78 is 56.9. The summed E-state index contributed by atoms with van der Waals surface area (Å²) in [6.07, 6.45) is -13.5. The summed E-state index contributed by atoms with van der Waals surface area (Å²) in [7, 11) is 1.33. The number of fused-ring (bicyclic) bond motifs is 1. The number of aliphatic hydroxyl groups excluding tert-OH is 1. The van der Waals surface area contributed by atoms with Crippen molar-refractivity contribution < 1.29 is 71.7 Å². The minimum absolute atomic E-state index is 0.0763. The first-order valence-corrected chi connectivity index (χ1v) is 13.6. The number of carbonyl (C=O) groups is 4. The lowest BCUT2D eigenvalue weighted by atomic mass is 9.96. The van der Waals surface area contributed by atoms with Crippen LogP contribution in [0.3, 0.4) is 0 Å². The summed E-state index contributed by atoms with van der Waals surface area (Å²) in [5, 5.41) is 11.5. The second-order valence-electron chi connectivity index (χ2n) is 10.1. The van der Waals surface area contributed by atoms with Crippen LogP contribution in [0, 0.1) is 0 Å². The molecule has 3 heterocycles. The highest BCUT2D eigenvalue weighted by atomic mass is 16.8. The third-order valence-corrected chi connectivity index (χ3v) is 6.85. The quantitative estimate of drug-likeness (QED) is 0.297. The van der Waals surface area contributed by atoms with Gasteiger partial charge >= 0.3 is 23.9 Å². The van der Waals surface area contributed by atoms with Gasteiger partial charge in [0.05, 0.1) is 6.61 Å². The Balaban J connectivity index is 1.64. The summed E-state index contributed by atoms with van der Waals surface area (Å²) in [5.41, 5.74) is 0.721. The number of esters is 4. The Morgan fingerprint density at radius 3 is 2.02 bits per heavy atom. The predicted molar refractivity (Wildman–Crippen MR) is 139 cm³/mol. The zero-order valence-electron chi connectivity index (χ0n) is 24.3. The number of benzene rings is 1. The van der Waals surface area contributed by atoms with Gasteiger partial charge in [0.25, 0.3) is 0 Å². The van der Waals surface area contributed by atoms with Crippen molar-refractivity contribution in [2.24, 2.45) is 0 Å². The van der Waals surface area contributed by atoms with E-state index in [1.165, 1.54) is 7.11 Å². The number of hydrogen-bond donors (Lipinski definition) is 1. The molecule has 3 saturated heterocycles. The molecule has 0 aromatic heterocycles. The van der Waals surface area contributed by atoms with Gasteiger partial charge in [0.15, 0.2) is 37.2 Å². The van der Waals surface area contributed by atoms with Crippen LogP contribution in [0.5, 0.6) is 0 Å². The van der Waals surface area contributed by atoms with E-state index in [-0.39, 0.29) is 6.61 Å². The second-order valence-corrected chi connectivity index (χ2v) is 10.1. The molecule has 0 unspecified atom stereocenters. The number of rotatable bonds is 9. The van der Waals surface area contributed by atoms with Gasteiger partial charge in [-0.2, -0.15) is 0 Å². The molecule has 0 bridgehead atoms. The maximum Gasteiger partial charge on any atom is 0.303 e. The van der Waals surface area contributed by atoms with E-state index >= 15 is 0 Å². The van der Waals surface area contributed by atoms with Gasteiger partial charge in [-0.1, -0.05) is 30.3 Å². The van der Waals surface area contributed by atoms with Gasteiger partial charge in [0.1, 0.15) is 37.1 Å². The third kappa shape index (κ3) is 8.06. The van der Waals surface area contributed by atoms with Crippen LogP contribution in [0.15, 0.2) is 30.3 Å². The van der Waals surface area contributed by atoms with E-state index in [2.05, 4.69) is 0 Å². The van der Waals surface area contributed by atoms with E-state index in [1.807, 2.05) is 30.3 Å². The Labute approximate surface area is 247 Å². The van der Waals surface area contributed by atoms with Crippen molar-refractivity contribution in [3.8, 4) is 0 Å². The normalized spacial score (nSPS) is 35.6. The molecule has 15 nitrogen and oxygen atoms in total. The predicted octanol–water partition coefficient (Wildman–Crippen LogP) is 0.301. The molecule has 15 heteroatoms. The van der Waals surface area contributed by atoms with E-state index in [4.69, 9.17) is 47.4 Å². The van der Waals surface area contributed by atoms with Crippen molar-refractivity contribution in [2.45, 2.75) is 95.4 Å². The Hall–Kier alpha value is -3.18. The van der Waals surface area contributed by atoms with Gasteiger partial charge in [0.2, 0.25) is 0 Å². The second kappa shape index (κ2) is 14.5. The van der Waals surface area contributed by atoms with Crippen molar-refractivity contribution in [2.75, 3.05) is 20.3 Å². The molecule has 11 atom stereocenters. The monoisotopic (exact) mass is 612 g/mol. The fourth-order valence-electron chi connectivity index (χ4n) is 5.13. The number of hydrogen-bond acceptors (Lipinski definition) is 15. The molecular formula is C28H36O15. The molecule has 3 aliphatic rings. The maximum absolute atomic E-state index is 12.2. The minimum atomic E-state index is -1.57. The highest BCUT2D eigenvalue weighted by molar-refractivity contribution is 5.68. The fourth-order valence-corrected chi connectivity index (χ4v) is 5.13. The molecule has 3 aliphatic heterocycles. The molecule has 0 saturated carbocycles. The third-order valence-electron chi connectivity index (χ3n) is 6.85. The van der Waals surface area contributed by atoms with Crippen LogP contribution in [0.4, 0.5) is 0 Å². The van der Waals surface area contributed by atoms with Gasteiger partial charge in [-0.05, 0) is 0 Å². The van der Waals surface area contributed by atoms with Gasteiger partial charge in [0, 0.05) is 40.4 Å². The van der Waals surface area contributed by atoms with Crippen molar-refractivity contribution in [1.29, 1.82) is 0 Å². The van der Waals surface area contributed by atoms with E-state index in [0.717, 1.165) is 33.3 Å². The molecular weight excluding hydrogens is 576 g/mol. The summed E-state index contributed by atoms with van der Waals surface area (Å²) in [6, 6.07) is 9.10. The molecule has 1 aromatic carbocycles. The first-order chi connectivity index (χ1) is 20.5. The fraction of sp³-hybridized carbons (Fsp3) is 0.643. The van der Waals surface area contributed by atoms with Crippen LogP contribution in [0.2, 0.25) is 0 Å². The number of aliphatic hydroxyl groups is 1. The molecule has 3 fully saturated rings. The van der Waals surface area contributed by atoms with E-state index in [9.17, 15) is 24.3 Å². The van der Waals surface area contributed by atoms with Crippen LogP contribution < -0.4 is 0 Å². The van der Waals surface area contributed by atoms with Crippen molar-refractivity contribution in [3.05, 3.63) is 35.9 Å². The topological polar surface area (TPSA) is 181 Å². The molecule has 0 amide bonds. The van der Waals surface area contributed by atoms with Gasteiger partial charge < -0.3 is 52.5 Å². The molecule has 1 N–H and O–H groups in total. The first-order valence-electron chi connectivity index (χ1n) is 13.6. The summed E-state index contributed by atoms with van der Waals surface area (Å²) >= 11 is 0. The van der Waals surface area contributed by atoms with Crippen molar-refractivity contribution in [1.82, 2.24) is 0 Å². The summed E-state index contributed by atoms with van der Waals surface area (Å²) in [4.78, 5) is 47.9. The smallest absolute Gasteiger partial charge is 0.303 e. The Bertz CT molecular complexity index is 1130. The number of ether oxygens (including phenoxy) is 10. The van der Waals surface area contributed by atoms with Crippen LogP contribution in [-0.2, 0) is 66.5 Å². The average Bonchev–Trinajstić information content (AvgIpc) is 2.95.